The van der Waals surface area contributed by atoms with Gasteiger partial charge in [-0.1, -0.05) is 24.6 Å². The lowest BCUT2D eigenvalue weighted by molar-refractivity contribution is 0.139. The number of hydrogen-bond donors (Lipinski definition) is 2. The first kappa shape index (κ1) is 27.0. The Morgan fingerprint density at radius 1 is 0.953 bits per heavy atom. The van der Waals surface area contributed by atoms with Crippen molar-refractivity contribution in [3.8, 4) is 22.9 Å². The second-order valence-corrected chi connectivity index (χ2v) is 13.2. The van der Waals surface area contributed by atoms with Crippen LogP contribution in [0, 0.1) is 17.0 Å². The number of piperidine rings is 1. The lowest BCUT2D eigenvalue weighted by Gasteiger charge is -2.34. The van der Waals surface area contributed by atoms with Gasteiger partial charge in [0.2, 0.25) is 0 Å². The Hall–Kier alpha value is -3.56. The third kappa shape index (κ3) is 5.06. The van der Waals surface area contributed by atoms with Gasteiger partial charge in [0.05, 0.1) is 6.61 Å². The van der Waals surface area contributed by atoms with Crippen molar-refractivity contribution in [2.75, 3.05) is 44.2 Å². The average Bonchev–Trinajstić information content (AvgIpc) is 3.69. The van der Waals surface area contributed by atoms with E-state index in [9.17, 15) is 5.11 Å². The van der Waals surface area contributed by atoms with E-state index in [0.29, 0.717) is 35.3 Å². The summed E-state index contributed by atoms with van der Waals surface area (Å²) in [6, 6.07) is 12.0. The van der Waals surface area contributed by atoms with E-state index in [-0.39, 0.29) is 39.2 Å². The van der Waals surface area contributed by atoms with Crippen LogP contribution in [0.15, 0.2) is 42.5 Å². The fraction of sp³-hybridized carbons (Fsp3) is 0.471. The maximum atomic E-state index is 16.6. The van der Waals surface area contributed by atoms with Crippen LogP contribution in [0.4, 0.5) is 14.6 Å². The number of rotatable bonds is 7. The Morgan fingerprint density at radius 2 is 1.74 bits per heavy atom. The molecule has 224 valence electrons. The SMILES string of the molecule is Oc1cc(-c2ccc3c(N4CC5CCC(C4)N5)nc(OCC4(CN5CCCCC5)CC4)nc3c2F)c2c(F)cccc2c1. The molecular formula is C34H37F2N5O2. The zero-order chi connectivity index (χ0) is 29.1. The summed E-state index contributed by atoms with van der Waals surface area (Å²) in [5, 5.41) is 15.5. The second-order valence-electron chi connectivity index (χ2n) is 13.2. The minimum Gasteiger partial charge on any atom is -0.508 e. The molecule has 4 heterocycles. The smallest absolute Gasteiger partial charge is 0.319 e. The molecule has 2 atom stereocenters. The quantitative estimate of drug-likeness (QED) is 0.275. The number of aromatic nitrogens is 2. The highest BCUT2D eigenvalue weighted by atomic mass is 19.1. The lowest BCUT2D eigenvalue weighted by Crippen LogP contribution is -2.51. The Labute approximate surface area is 249 Å². The molecule has 43 heavy (non-hydrogen) atoms. The number of piperazine rings is 1. The highest BCUT2D eigenvalue weighted by Crippen LogP contribution is 2.47. The van der Waals surface area contributed by atoms with Gasteiger partial charge < -0.3 is 25.0 Å². The van der Waals surface area contributed by atoms with Gasteiger partial charge in [-0.05, 0) is 86.8 Å². The number of anilines is 1. The molecule has 9 heteroatoms. The number of benzene rings is 3. The van der Waals surface area contributed by atoms with Gasteiger partial charge in [0, 0.05) is 53.5 Å². The number of nitrogens with zero attached hydrogens (tertiary/aromatic N) is 4. The van der Waals surface area contributed by atoms with Crippen LogP contribution in [-0.4, -0.2) is 71.4 Å². The summed E-state index contributed by atoms with van der Waals surface area (Å²) in [5.41, 5.74) is 0.715. The maximum absolute atomic E-state index is 16.6. The normalized spacial score (nSPS) is 23.3. The molecule has 8 rings (SSSR count). The molecule has 1 saturated carbocycles. The van der Waals surface area contributed by atoms with Crippen molar-refractivity contribution in [1.29, 1.82) is 0 Å². The molecule has 3 aromatic carbocycles. The monoisotopic (exact) mass is 585 g/mol. The van der Waals surface area contributed by atoms with E-state index in [1.54, 1.807) is 18.2 Å². The van der Waals surface area contributed by atoms with Gasteiger partial charge in [-0.3, -0.25) is 0 Å². The van der Waals surface area contributed by atoms with Gasteiger partial charge in [0.1, 0.15) is 22.9 Å². The van der Waals surface area contributed by atoms with Crippen LogP contribution in [0.3, 0.4) is 0 Å². The van der Waals surface area contributed by atoms with Gasteiger partial charge in [0.25, 0.3) is 0 Å². The van der Waals surface area contributed by atoms with E-state index in [2.05, 4.69) is 20.1 Å². The molecule has 4 fully saturated rings. The molecule has 0 amide bonds. The second kappa shape index (κ2) is 10.6. The minimum absolute atomic E-state index is 0.0558. The zero-order valence-electron chi connectivity index (χ0n) is 24.3. The topological polar surface area (TPSA) is 73.8 Å². The Kier molecular flexibility index (Phi) is 6.63. The number of halogens is 2. The summed E-state index contributed by atoms with van der Waals surface area (Å²) in [5.74, 6) is -0.427. The largest absolute Gasteiger partial charge is 0.508 e. The first-order valence-corrected chi connectivity index (χ1v) is 15.7. The van der Waals surface area contributed by atoms with Gasteiger partial charge in [-0.15, -0.1) is 0 Å². The standard InChI is InChI=1S/C34H37F2N5O2/c35-28-6-4-5-21-15-24(42)16-27(29(21)28)25-9-10-26-31(30(25)36)38-33(39-32(26)41-17-22-7-8-23(18-41)37-22)43-20-34(11-12-34)19-40-13-2-1-3-14-40/h4-6,9-10,15-16,22-23,37,42H,1-3,7-8,11-14,17-20H2. The number of nitrogens with one attached hydrogen (secondary N) is 1. The van der Waals surface area contributed by atoms with Crippen LogP contribution in [0.25, 0.3) is 32.8 Å². The Balaban J connectivity index is 1.20. The molecule has 2 unspecified atom stereocenters. The zero-order valence-corrected chi connectivity index (χ0v) is 24.3. The van der Waals surface area contributed by atoms with Crippen molar-refractivity contribution in [3.63, 3.8) is 0 Å². The van der Waals surface area contributed by atoms with E-state index in [0.717, 1.165) is 58.4 Å². The van der Waals surface area contributed by atoms with Crippen molar-refractivity contribution >= 4 is 27.5 Å². The highest BCUT2D eigenvalue weighted by Gasteiger charge is 2.45. The molecule has 1 aromatic heterocycles. The average molecular weight is 586 g/mol. The van der Waals surface area contributed by atoms with Crippen LogP contribution < -0.4 is 15.0 Å². The molecule has 4 aromatic rings. The summed E-state index contributed by atoms with van der Waals surface area (Å²) in [7, 11) is 0. The summed E-state index contributed by atoms with van der Waals surface area (Å²) >= 11 is 0. The number of hydrogen-bond acceptors (Lipinski definition) is 7. The van der Waals surface area contributed by atoms with Crippen LogP contribution in [0.5, 0.6) is 11.8 Å². The predicted molar refractivity (Wildman–Crippen MR) is 164 cm³/mol. The van der Waals surface area contributed by atoms with Crippen molar-refractivity contribution in [1.82, 2.24) is 20.2 Å². The third-order valence-electron chi connectivity index (χ3n) is 9.96. The minimum atomic E-state index is -0.575. The Bertz CT molecular complexity index is 1690. The molecular weight excluding hydrogens is 548 g/mol. The lowest BCUT2D eigenvalue weighted by atomic mass is 9.96. The summed E-state index contributed by atoms with van der Waals surface area (Å²) in [6.45, 7) is 5.37. The number of likely N-dealkylation sites (tertiary alicyclic amines) is 1. The highest BCUT2D eigenvalue weighted by molar-refractivity contribution is 6.01. The predicted octanol–water partition coefficient (Wildman–Crippen LogP) is 6.02. The van der Waals surface area contributed by atoms with E-state index >= 15 is 8.78 Å². The maximum Gasteiger partial charge on any atom is 0.319 e. The third-order valence-corrected chi connectivity index (χ3v) is 9.96. The number of aromatic hydroxyl groups is 1. The number of ether oxygens (including phenoxy) is 1. The number of phenolic OH excluding ortho intramolecular Hbond substituents is 1. The van der Waals surface area contributed by atoms with Gasteiger partial charge >= 0.3 is 6.01 Å². The first-order chi connectivity index (χ1) is 20.9. The molecule has 2 bridgehead atoms. The van der Waals surface area contributed by atoms with E-state index in [1.165, 1.54) is 37.5 Å². The van der Waals surface area contributed by atoms with Crippen molar-refractivity contribution in [2.45, 2.75) is 57.0 Å². The van der Waals surface area contributed by atoms with Crippen molar-refractivity contribution in [2.24, 2.45) is 5.41 Å². The number of fused-ring (bicyclic) bond motifs is 4. The van der Waals surface area contributed by atoms with Crippen LogP contribution in [0.1, 0.15) is 44.9 Å². The number of phenols is 1. The van der Waals surface area contributed by atoms with Crippen LogP contribution >= 0.6 is 0 Å². The Morgan fingerprint density at radius 3 is 2.51 bits per heavy atom. The summed E-state index contributed by atoms with van der Waals surface area (Å²) in [6.07, 6.45) is 8.25. The molecule has 2 N–H and O–H groups in total. The fourth-order valence-corrected chi connectivity index (χ4v) is 7.52. The van der Waals surface area contributed by atoms with Gasteiger partial charge in [-0.2, -0.15) is 9.97 Å². The molecule has 4 aliphatic rings. The molecule has 3 aliphatic heterocycles. The van der Waals surface area contributed by atoms with E-state index in [1.807, 2.05) is 6.07 Å². The van der Waals surface area contributed by atoms with Crippen molar-refractivity contribution < 1.29 is 18.6 Å². The van der Waals surface area contributed by atoms with Crippen LogP contribution in [0.2, 0.25) is 0 Å². The first-order valence-electron chi connectivity index (χ1n) is 15.7. The summed E-state index contributed by atoms with van der Waals surface area (Å²) < 4.78 is 38.1. The molecule has 7 nitrogen and oxygen atoms in total. The van der Waals surface area contributed by atoms with Gasteiger partial charge in [-0.25, -0.2) is 8.78 Å². The van der Waals surface area contributed by atoms with Crippen LogP contribution in [-0.2, 0) is 0 Å². The van der Waals surface area contributed by atoms with Gasteiger partial charge in [0.15, 0.2) is 5.82 Å². The van der Waals surface area contributed by atoms with E-state index in [4.69, 9.17) is 9.72 Å². The fourth-order valence-electron chi connectivity index (χ4n) is 7.52. The molecule has 0 radical (unpaired) electrons. The van der Waals surface area contributed by atoms with Crippen molar-refractivity contribution in [3.05, 3.63) is 54.1 Å². The molecule has 1 aliphatic carbocycles. The summed E-state index contributed by atoms with van der Waals surface area (Å²) in [4.78, 5) is 14.3. The van der Waals surface area contributed by atoms with E-state index < -0.39 is 11.6 Å². The molecule has 0 spiro atoms. The molecule has 3 saturated heterocycles.